The van der Waals surface area contributed by atoms with Gasteiger partial charge in [-0.1, -0.05) is 6.92 Å². The number of rotatable bonds is 3. The summed E-state index contributed by atoms with van der Waals surface area (Å²) in [6.07, 6.45) is 2.21. The van der Waals surface area contributed by atoms with Crippen molar-refractivity contribution in [1.29, 1.82) is 0 Å². The summed E-state index contributed by atoms with van der Waals surface area (Å²) in [7, 11) is 0. The summed E-state index contributed by atoms with van der Waals surface area (Å²) in [6, 6.07) is 4.93. The first-order valence-corrected chi connectivity index (χ1v) is 5.47. The fraction of sp³-hybridized carbons (Fsp3) is 0.300. The lowest BCUT2D eigenvalue weighted by Gasteiger charge is -2.06. The maximum absolute atomic E-state index is 11.0. The van der Waals surface area contributed by atoms with Crippen LogP contribution in [0.15, 0.2) is 23.1 Å². The summed E-state index contributed by atoms with van der Waals surface area (Å²) in [5.41, 5.74) is 0. The van der Waals surface area contributed by atoms with Gasteiger partial charge in [0.25, 0.3) is 0 Å². The van der Waals surface area contributed by atoms with E-state index in [9.17, 15) is 9.90 Å². The molecule has 1 N–H and O–H groups in total. The van der Waals surface area contributed by atoms with Crippen LogP contribution in [0.2, 0.25) is 0 Å². The normalized spacial score (nSPS) is 9.86. The number of thioether (sulfide) groups is 1. The summed E-state index contributed by atoms with van der Waals surface area (Å²) in [5, 5.41) is 9.39. The number of carbonyl (C=O) groups is 1. The molecule has 0 aliphatic heterocycles. The summed E-state index contributed by atoms with van der Waals surface area (Å²) < 4.78 is 4.93. The van der Waals surface area contributed by atoms with Gasteiger partial charge in [-0.3, -0.25) is 4.79 Å². The summed E-state index contributed by atoms with van der Waals surface area (Å²) in [4.78, 5) is 11.9. The molecule has 0 fully saturated rings. The Kier molecular flexibility index (Phi) is 3.83. The molecule has 0 aromatic heterocycles. The molecule has 0 bridgehead atoms. The first kappa shape index (κ1) is 10.9. The zero-order valence-corrected chi connectivity index (χ0v) is 8.93. The lowest BCUT2D eigenvalue weighted by atomic mass is 10.3. The highest BCUT2D eigenvalue weighted by molar-refractivity contribution is 7.98. The van der Waals surface area contributed by atoms with E-state index in [2.05, 4.69) is 0 Å². The minimum atomic E-state index is -0.349. The Hall–Kier alpha value is -1.16. The van der Waals surface area contributed by atoms with E-state index in [1.807, 2.05) is 6.26 Å². The van der Waals surface area contributed by atoms with Crippen molar-refractivity contribution in [3.05, 3.63) is 18.2 Å². The number of benzene rings is 1. The second-order valence-electron chi connectivity index (χ2n) is 2.66. The molecule has 1 rings (SSSR count). The van der Waals surface area contributed by atoms with Crippen LogP contribution in [0.4, 0.5) is 0 Å². The Morgan fingerprint density at radius 2 is 2.29 bits per heavy atom. The number of esters is 1. The van der Waals surface area contributed by atoms with Crippen LogP contribution >= 0.6 is 11.8 Å². The van der Waals surface area contributed by atoms with Crippen molar-refractivity contribution in [3.8, 4) is 11.5 Å². The van der Waals surface area contributed by atoms with E-state index in [4.69, 9.17) is 4.74 Å². The molecular weight excluding hydrogens is 200 g/mol. The predicted octanol–water partition coefficient (Wildman–Crippen LogP) is 2.43. The maximum atomic E-state index is 11.0. The first-order chi connectivity index (χ1) is 6.67. The predicted molar refractivity (Wildman–Crippen MR) is 55.8 cm³/mol. The van der Waals surface area contributed by atoms with Gasteiger partial charge in [0.15, 0.2) is 11.5 Å². The quantitative estimate of drug-likeness (QED) is 0.475. The highest BCUT2D eigenvalue weighted by Crippen LogP contribution is 2.30. The first-order valence-electron chi connectivity index (χ1n) is 4.25. The van der Waals surface area contributed by atoms with Crippen molar-refractivity contribution in [1.82, 2.24) is 0 Å². The molecule has 3 nitrogen and oxygen atoms in total. The van der Waals surface area contributed by atoms with E-state index in [1.165, 1.54) is 17.8 Å². The van der Waals surface area contributed by atoms with Gasteiger partial charge in [-0.25, -0.2) is 0 Å². The van der Waals surface area contributed by atoms with Crippen LogP contribution in [0.5, 0.6) is 11.5 Å². The molecular formula is C10H12O3S. The van der Waals surface area contributed by atoms with Crippen molar-refractivity contribution in [2.45, 2.75) is 18.2 Å². The minimum Gasteiger partial charge on any atom is -0.504 e. The topological polar surface area (TPSA) is 46.5 Å². The molecule has 0 aliphatic carbocycles. The van der Waals surface area contributed by atoms with Crippen LogP contribution in [0.25, 0.3) is 0 Å². The molecule has 0 aliphatic rings. The van der Waals surface area contributed by atoms with E-state index in [0.717, 1.165) is 4.90 Å². The third-order valence-electron chi connectivity index (χ3n) is 1.68. The van der Waals surface area contributed by atoms with Gasteiger partial charge < -0.3 is 9.84 Å². The standard InChI is InChI=1S/C10H12O3S/c1-3-10(12)13-9-6-7(14-2)4-5-8(9)11/h4-6,11H,3H2,1-2H3. The number of ether oxygens (including phenoxy) is 1. The zero-order chi connectivity index (χ0) is 10.6. The molecule has 1 aromatic rings. The zero-order valence-electron chi connectivity index (χ0n) is 8.11. The SMILES string of the molecule is CCC(=O)Oc1cc(SC)ccc1O. The van der Waals surface area contributed by atoms with Crippen molar-refractivity contribution >= 4 is 17.7 Å². The van der Waals surface area contributed by atoms with Gasteiger partial charge in [-0.15, -0.1) is 11.8 Å². The molecule has 0 heterocycles. The fourth-order valence-corrected chi connectivity index (χ4v) is 1.33. The number of hydrogen-bond donors (Lipinski definition) is 1. The minimum absolute atomic E-state index is 0.00963. The molecule has 0 spiro atoms. The third kappa shape index (κ3) is 2.67. The van der Waals surface area contributed by atoms with Crippen LogP contribution in [0, 0.1) is 0 Å². The van der Waals surface area contributed by atoms with E-state index in [-0.39, 0.29) is 17.5 Å². The van der Waals surface area contributed by atoms with Crippen LogP contribution in [0.3, 0.4) is 0 Å². The Labute approximate surface area is 87.1 Å². The second-order valence-corrected chi connectivity index (χ2v) is 3.54. The molecule has 0 amide bonds. The van der Waals surface area contributed by atoms with Crippen LogP contribution in [0.1, 0.15) is 13.3 Å². The third-order valence-corrected chi connectivity index (χ3v) is 2.40. The van der Waals surface area contributed by atoms with E-state index in [0.29, 0.717) is 6.42 Å². The Balaban J connectivity index is 2.89. The molecule has 76 valence electrons. The molecule has 1 aromatic carbocycles. The molecule has 0 unspecified atom stereocenters. The highest BCUT2D eigenvalue weighted by Gasteiger charge is 2.07. The average Bonchev–Trinajstić information content (AvgIpc) is 2.21. The molecule has 0 saturated heterocycles. The van der Waals surface area contributed by atoms with E-state index in [1.54, 1.807) is 19.1 Å². The lowest BCUT2D eigenvalue weighted by molar-refractivity contribution is -0.134. The van der Waals surface area contributed by atoms with Gasteiger partial charge in [0.2, 0.25) is 0 Å². The summed E-state index contributed by atoms with van der Waals surface area (Å²) >= 11 is 1.52. The molecule has 0 saturated carbocycles. The van der Waals surface area contributed by atoms with Gasteiger partial charge in [0.05, 0.1) is 0 Å². The van der Waals surface area contributed by atoms with E-state index < -0.39 is 0 Å². The Morgan fingerprint density at radius 1 is 1.57 bits per heavy atom. The second kappa shape index (κ2) is 4.91. The largest absolute Gasteiger partial charge is 0.504 e. The molecule has 14 heavy (non-hydrogen) atoms. The maximum Gasteiger partial charge on any atom is 0.311 e. The van der Waals surface area contributed by atoms with Gasteiger partial charge in [0, 0.05) is 11.3 Å². The smallest absolute Gasteiger partial charge is 0.311 e. The summed E-state index contributed by atoms with van der Waals surface area (Å²) in [6.45, 7) is 1.71. The Morgan fingerprint density at radius 3 is 2.86 bits per heavy atom. The number of carbonyl (C=O) groups excluding carboxylic acids is 1. The van der Waals surface area contributed by atoms with Crippen molar-refractivity contribution in [2.24, 2.45) is 0 Å². The van der Waals surface area contributed by atoms with E-state index >= 15 is 0 Å². The van der Waals surface area contributed by atoms with Crippen LogP contribution in [-0.4, -0.2) is 17.3 Å². The van der Waals surface area contributed by atoms with Crippen molar-refractivity contribution in [3.63, 3.8) is 0 Å². The van der Waals surface area contributed by atoms with Crippen molar-refractivity contribution in [2.75, 3.05) is 6.26 Å². The monoisotopic (exact) mass is 212 g/mol. The van der Waals surface area contributed by atoms with Gasteiger partial charge in [-0.05, 0) is 24.5 Å². The van der Waals surface area contributed by atoms with Crippen molar-refractivity contribution < 1.29 is 14.6 Å². The molecule has 0 atom stereocenters. The number of hydrogen-bond acceptors (Lipinski definition) is 4. The number of phenolic OH excluding ortho intramolecular Hbond substituents is 1. The number of phenols is 1. The lowest BCUT2D eigenvalue weighted by Crippen LogP contribution is -2.05. The van der Waals surface area contributed by atoms with Gasteiger partial charge in [0.1, 0.15) is 0 Å². The number of aromatic hydroxyl groups is 1. The molecule has 0 radical (unpaired) electrons. The fourth-order valence-electron chi connectivity index (χ4n) is 0.898. The van der Waals surface area contributed by atoms with Crippen LogP contribution < -0.4 is 4.74 Å². The van der Waals surface area contributed by atoms with Gasteiger partial charge >= 0.3 is 5.97 Å². The van der Waals surface area contributed by atoms with Crippen LogP contribution in [-0.2, 0) is 4.79 Å². The average molecular weight is 212 g/mol. The molecule has 4 heteroatoms. The highest BCUT2D eigenvalue weighted by atomic mass is 32.2. The summed E-state index contributed by atoms with van der Waals surface area (Å²) in [5.74, 6) is -0.133. The van der Waals surface area contributed by atoms with Gasteiger partial charge in [-0.2, -0.15) is 0 Å². The Bertz CT molecular complexity index is 336.